The zero-order valence-corrected chi connectivity index (χ0v) is 4.86. The fourth-order valence-corrected chi connectivity index (χ4v) is 0.720. The fourth-order valence-electron chi connectivity index (χ4n) is 0.720. The topological polar surface area (TPSA) is 9.23 Å². The molecule has 0 aliphatic carbocycles. The number of hydrogen-bond donors (Lipinski definition) is 0. The number of ether oxygens (including phenoxy) is 1. The molecule has 0 fully saturated rings. The second-order valence-electron chi connectivity index (χ2n) is 1.87. The van der Waals surface area contributed by atoms with Gasteiger partial charge in [0.05, 0.1) is 12.7 Å². The molecule has 0 aromatic heterocycles. The van der Waals surface area contributed by atoms with Crippen LogP contribution in [0.5, 0.6) is 0 Å². The normalized spacial score (nSPS) is 28.2. The van der Waals surface area contributed by atoms with E-state index in [-0.39, 0.29) is 18.5 Å². The summed E-state index contributed by atoms with van der Waals surface area (Å²) in [5.41, 5.74) is 0. The Morgan fingerprint density at radius 2 is 2.75 bits per heavy atom. The third-order valence-corrected chi connectivity index (χ3v) is 1.20. The van der Waals surface area contributed by atoms with E-state index in [9.17, 15) is 4.39 Å². The maximum atomic E-state index is 12.1. The van der Waals surface area contributed by atoms with Crippen molar-refractivity contribution in [3.05, 3.63) is 11.9 Å². The molecule has 1 rings (SSSR count). The molecule has 2 heteroatoms. The van der Waals surface area contributed by atoms with Crippen molar-refractivity contribution in [1.29, 1.82) is 0 Å². The summed E-state index contributed by atoms with van der Waals surface area (Å²) in [4.78, 5) is 0. The summed E-state index contributed by atoms with van der Waals surface area (Å²) in [5, 5.41) is 0. The van der Waals surface area contributed by atoms with E-state index in [2.05, 4.69) is 0 Å². The molecule has 1 atom stereocenters. The summed E-state index contributed by atoms with van der Waals surface area (Å²) in [7, 11) is 0. The minimum Gasteiger partial charge on any atom is -0.367 e. The molecular weight excluding hydrogens is 107 g/mol. The maximum Gasteiger partial charge on any atom is 0.124 e. The summed E-state index contributed by atoms with van der Waals surface area (Å²) in [6.45, 7) is 2.15. The van der Waals surface area contributed by atoms with Gasteiger partial charge in [-0.25, -0.2) is 4.39 Å². The third kappa shape index (κ3) is 1.07. The van der Waals surface area contributed by atoms with E-state index in [1.54, 1.807) is 0 Å². The first-order chi connectivity index (χ1) is 3.83. The Balaban J connectivity index is 2.41. The Morgan fingerprint density at radius 1 is 2.00 bits per heavy atom. The van der Waals surface area contributed by atoms with Crippen LogP contribution < -0.4 is 0 Å². The van der Waals surface area contributed by atoms with Crippen LogP contribution in [0.1, 0.15) is 13.3 Å². The van der Waals surface area contributed by atoms with E-state index in [0.717, 1.165) is 6.42 Å². The molecule has 0 spiro atoms. The van der Waals surface area contributed by atoms with Gasteiger partial charge in [-0.1, -0.05) is 6.92 Å². The average molecular weight is 116 g/mol. The van der Waals surface area contributed by atoms with Gasteiger partial charge in [-0.05, 0) is 12.5 Å². The Bertz CT molecular complexity index is 109. The van der Waals surface area contributed by atoms with Gasteiger partial charge < -0.3 is 4.74 Å². The second kappa shape index (κ2) is 2.27. The van der Waals surface area contributed by atoms with Gasteiger partial charge in [0.1, 0.15) is 5.83 Å². The molecule has 0 saturated carbocycles. The van der Waals surface area contributed by atoms with E-state index in [4.69, 9.17) is 4.74 Å². The van der Waals surface area contributed by atoms with Crippen molar-refractivity contribution in [2.45, 2.75) is 19.4 Å². The maximum absolute atomic E-state index is 12.1. The highest BCUT2D eigenvalue weighted by Crippen LogP contribution is 2.14. The van der Waals surface area contributed by atoms with Crippen molar-refractivity contribution in [2.24, 2.45) is 0 Å². The van der Waals surface area contributed by atoms with Crippen molar-refractivity contribution in [3.8, 4) is 0 Å². The molecule has 1 unspecified atom stereocenters. The molecule has 0 amide bonds. The molecule has 46 valence electrons. The van der Waals surface area contributed by atoms with Crippen LogP contribution >= 0.6 is 0 Å². The predicted octanol–water partition coefficient (Wildman–Crippen LogP) is 1.65. The number of halogens is 1. The van der Waals surface area contributed by atoms with Gasteiger partial charge in [-0.3, -0.25) is 0 Å². The van der Waals surface area contributed by atoms with Gasteiger partial charge in [0.2, 0.25) is 0 Å². The van der Waals surface area contributed by atoms with Gasteiger partial charge in [-0.2, -0.15) is 0 Å². The van der Waals surface area contributed by atoms with Crippen LogP contribution in [-0.4, -0.2) is 12.7 Å². The molecule has 0 aromatic carbocycles. The highest BCUT2D eigenvalue weighted by Gasteiger charge is 2.12. The highest BCUT2D eigenvalue weighted by atomic mass is 19.1. The van der Waals surface area contributed by atoms with Crippen LogP contribution in [0.15, 0.2) is 11.9 Å². The summed E-state index contributed by atoms with van der Waals surface area (Å²) in [5.74, 6) is -0.128. The first kappa shape index (κ1) is 5.76. The molecule has 1 aliphatic heterocycles. The SMILES string of the molecule is CCC1C=C(F)CO1. The predicted molar refractivity (Wildman–Crippen MR) is 29.2 cm³/mol. The zero-order chi connectivity index (χ0) is 5.98. The molecule has 0 N–H and O–H groups in total. The van der Waals surface area contributed by atoms with Crippen molar-refractivity contribution in [2.75, 3.05) is 6.61 Å². The molecule has 0 radical (unpaired) electrons. The van der Waals surface area contributed by atoms with Crippen LogP contribution in [0.25, 0.3) is 0 Å². The van der Waals surface area contributed by atoms with Gasteiger partial charge in [0.25, 0.3) is 0 Å². The molecule has 1 aliphatic rings. The average Bonchev–Trinajstić information content (AvgIpc) is 2.14. The summed E-state index contributed by atoms with van der Waals surface area (Å²) >= 11 is 0. The van der Waals surface area contributed by atoms with E-state index in [0.29, 0.717) is 0 Å². The van der Waals surface area contributed by atoms with E-state index >= 15 is 0 Å². The molecule has 1 heterocycles. The molecule has 0 aromatic rings. The monoisotopic (exact) mass is 116 g/mol. The van der Waals surface area contributed by atoms with Crippen molar-refractivity contribution in [3.63, 3.8) is 0 Å². The van der Waals surface area contributed by atoms with Crippen LogP contribution in [-0.2, 0) is 4.74 Å². The van der Waals surface area contributed by atoms with Gasteiger partial charge in [-0.15, -0.1) is 0 Å². The van der Waals surface area contributed by atoms with Crippen LogP contribution in [0, 0.1) is 0 Å². The van der Waals surface area contributed by atoms with Crippen molar-refractivity contribution >= 4 is 0 Å². The number of hydrogen-bond acceptors (Lipinski definition) is 1. The van der Waals surface area contributed by atoms with Crippen LogP contribution in [0.2, 0.25) is 0 Å². The van der Waals surface area contributed by atoms with E-state index in [1.807, 2.05) is 6.92 Å². The summed E-state index contributed by atoms with van der Waals surface area (Å²) in [6, 6.07) is 0. The lowest BCUT2D eigenvalue weighted by molar-refractivity contribution is 0.117. The summed E-state index contributed by atoms with van der Waals surface area (Å²) < 4.78 is 17.0. The Hall–Kier alpha value is -0.370. The standard InChI is InChI=1S/C6H9FO/c1-2-6-3-5(7)4-8-6/h3,6H,2,4H2,1H3. The lowest BCUT2D eigenvalue weighted by Crippen LogP contribution is -2.00. The van der Waals surface area contributed by atoms with Crippen molar-refractivity contribution in [1.82, 2.24) is 0 Å². The molecule has 1 nitrogen and oxygen atoms in total. The molecule has 0 saturated heterocycles. The van der Waals surface area contributed by atoms with Crippen molar-refractivity contribution < 1.29 is 9.13 Å². The number of rotatable bonds is 1. The van der Waals surface area contributed by atoms with Crippen LogP contribution in [0.4, 0.5) is 4.39 Å². The first-order valence-corrected chi connectivity index (χ1v) is 2.80. The second-order valence-corrected chi connectivity index (χ2v) is 1.87. The van der Waals surface area contributed by atoms with Gasteiger partial charge in [0.15, 0.2) is 0 Å². The molecule has 0 bridgehead atoms. The largest absolute Gasteiger partial charge is 0.367 e. The quantitative estimate of drug-likeness (QED) is 0.506. The molecule has 8 heavy (non-hydrogen) atoms. The van der Waals surface area contributed by atoms with E-state index < -0.39 is 0 Å². The first-order valence-electron chi connectivity index (χ1n) is 2.80. The smallest absolute Gasteiger partial charge is 0.124 e. The zero-order valence-electron chi connectivity index (χ0n) is 4.86. The van der Waals surface area contributed by atoms with Gasteiger partial charge >= 0.3 is 0 Å². The van der Waals surface area contributed by atoms with Crippen LogP contribution in [0.3, 0.4) is 0 Å². The lowest BCUT2D eigenvalue weighted by Gasteiger charge is -1.99. The minimum absolute atomic E-state index is 0.0370. The lowest BCUT2D eigenvalue weighted by atomic mass is 10.3. The minimum atomic E-state index is -0.128. The summed E-state index contributed by atoms with van der Waals surface area (Å²) in [6.07, 6.45) is 2.43. The molecular formula is C6H9FO. The highest BCUT2D eigenvalue weighted by molar-refractivity contribution is 5.02. The fraction of sp³-hybridized carbons (Fsp3) is 0.667. The van der Waals surface area contributed by atoms with Gasteiger partial charge in [0, 0.05) is 0 Å². The Kier molecular flexibility index (Phi) is 1.63. The van der Waals surface area contributed by atoms with E-state index in [1.165, 1.54) is 6.08 Å². The third-order valence-electron chi connectivity index (χ3n) is 1.20. The Morgan fingerprint density at radius 3 is 3.00 bits per heavy atom. The Labute approximate surface area is 48.1 Å².